The second kappa shape index (κ2) is 9.40. The Labute approximate surface area is 186 Å². The van der Waals surface area contributed by atoms with Crippen LogP contribution in [0.4, 0.5) is 4.79 Å². The van der Waals surface area contributed by atoms with Crippen molar-refractivity contribution in [2.75, 3.05) is 26.3 Å². The number of ether oxygens (including phenoxy) is 2. The third-order valence-corrected chi connectivity index (χ3v) is 5.88. The predicted molar refractivity (Wildman–Crippen MR) is 116 cm³/mol. The Hall–Kier alpha value is -3.39. The summed E-state index contributed by atoms with van der Waals surface area (Å²) in [4.78, 5) is 37.4. The van der Waals surface area contributed by atoms with Crippen LogP contribution in [0, 0.1) is 0 Å². The van der Waals surface area contributed by atoms with Gasteiger partial charge in [-0.25, -0.2) is 9.59 Å². The number of nitrogens with zero attached hydrogens (tertiary/aromatic N) is 1. The zero-order chi connectivity index (χ0) is 22.7. The molecular formula is C24H26N2O6. The number of nitrogens with one attached hydrogen (secondary N) is 1. The van der Waals surface area contributed by atoms with Crippen LogP contribution in [0.25, 0.3) is 11.1 Å². The van der Waals surface area contributed by atoms with Crippen LogP contribution in [0.1, 0.15) is 30.4 Å². The molecule has 0 bridgehead atoms. The van der Waals surface area contributed by atoms with E-state index in [1.165, 1.54) is 4.90 Å². The minimum absolute atomic E-state index is 0.00578. The van der Waals surface area contributed by atoms with Gasteiger partial charge in [0.25, 0.3) is 0 Å². The van der Waals surface area contributed by atoms with E-state index in [9.17, 15) is 14.4 Å². The van der Waals surface area contributed by atoms with Gasteiger partial charge in [-0.05, 0) is 29.2 Å². The molecule has 1 aliphatic heterocycles. The third-order valence-electron chi connectivity index (χ3n) is 5.88. The molecule has 4 rings (SSSR count). The number of alkyl carbamates (subject to hydrolysis) is 1. The maximum atomic E-state index is 12.5. The molecule has 2 aliphatic rings. The molecule has 8 heteroatoms. The number of aliphatic carboxylic acids is 1. The Morgan fingerprint density at radius 2 is 1.75 bits per heavy atom. The van der Waals surface area contributed by atoms with Crippen LogP contribution in [0.3, 0.4) is 0 Å². The van der Waals surface area contributed by atoms with Crippen molar-refractivity contribution in [2.24, 2.45) is 0 Å². The number of carbonyl (C=O) groups is 3. The standard InChI is InChI=1S/C24H26N2O6/c1-15(12-22(27)26-10-11-31-21(13-26)23(28)29)25-24(30)32-14-20-18-8-4-2-6-16(18)17-7-3-5-9-19(17)20/h2-9,15,20-21H,10-14H2,1H3,(H,25,30)(H,28,29)/t15-,21?/m0/s1. The summed E-state index contributed by atoms with van der Waals surface area (Å²) >= 11 is 0. The van der Waals surface area contributed by atoms with Gasteiger partial charge in [0, 0.05) is 24.9 Å². The van der Waals surface area contributed by atoms with Crippen molar-refractivity contribution in [1.29, 1.82) is 0 Å². The second-order valence-corrected chi connectivity index (χ2v) is 8.11. The molecule has 0 aromatic heterocycles. The molecule has 168 valence electrons. The number of hydrogen-bond donors (Lipinski definition) is 2. The first-order chi connectivity index (χ1) is 15.4. The lowest BCUT2D eigenvalue weighted by molar-refractivity contribution is -0.159. The first-order valence-corrected chi connectivity index (χ1v) is 10.7. The number of benzene rings is 2. The van der Waals surface area contributed by atoms with E-state index in [0.29, 0.717) is 6.54 Å². The van der Waals surface area contributed by atoms with Gasteiger partial charge in [0.05, 0.1) is 13.2 Å². The summed E-state index contributed by atoms with van der Waals surface area (Å²) in [5.41, 5.74) is 4.57. The molecule has 1 heterocycles. The van der Waals surface area contributed by atoms with E-state index in [1.807, 2.05) is 24.3 Å². The average molecular weight is 438 g/mol. The van der Waals surface area contributed by atoms with Gasteiger partial charge < -0.3 is 24.8 Å². The van der Waals surface area contributed by atoms with Gasteiger partial charge in [0.15, 0.2) is 6.10 Å². The summed E-state index contributed by atoms with van der Waals surface area (Å²) in [5.74, 6) is -1.36. The number of carbonyl (C=O) groups excluding carboxylic acids is 2. The molecule has 2 aromatic carbocycles. The minimum Gasteiger partial charge on any atom is -0.479 e. The summed E-state index contributed by atoms with van der Waals surface area (Å²) in [6.07, 6.45) is -1.55. The molecule has 1 aliphatic carbocycles. The zero-order valence-corrected chi connectivity index (χ0v) is 17.8. The van der Waals surface area contributed by atoms with Crippen LogP contribution >= 0.6 is 0 Å². The molecule has 32 heavy (non-hydrogen) atoms. The first kappa shape index (κ1) is 21.8. The van der Waals surface area contributed by atoms with Crippen molar-refractivity contribution >= 4 is 18.0 Å². The van der Waals surface area contributed by atoms with Crippen molar-refractivity contribution < 1.29 is 29.0 Å². The molecule has 1 unspecified atom stereocenters. The van der Waals surface area contributed by atoms with Crippen molar-refractivity contribution in [2.45, 2.75) is 31.4 Å². The van der Waals surface area contributed by atoms with Crippen LogP contribution in [-0.2, 0) is 19.1 Å². The largest absolute Gasteiger partial charge is 0.479 e. The Balaban J connectivity index is 1.30. The van der Waals surface area contributed by atoms with Crippen molar-refractivity contribution in [3.8, 4) is 11.1 Å². The summed E-state index contributed by atoms with van der Waals surface area (Å²) in [6, 6.07) is 15.7. The van der Waals surface area contributed by atoms with E-state index >= 15 is 0 Å². The van der Waals surface area contributed by atoms with E-state index in [2.05, 4.69) is 29.6 Å². The lowest BCUT2D eigenvalue weighted by atomic mass is 9.98. The molecule has 1 saturated heterocycles. The molecule has 2 atom stereocenters. The lowest BCUT2D eigenvalue weighted by Gasteiger charge is -2.31. The van der Waals surface area contributed by atoms with Gasteiger partial charge in [-0.3, -0.25) is 4.79 Å². The fraction of sp³-hybridized carbons (Fsp3) is 0.375. The molecule has 0 radical (unpaired) electrons. The van der Waals surface area contributed by atoms with Gasteiger partial charge in [-0.2, -0.15) is 0 Å². The molecule has 8 nitrogen and oxygen atoms in total. The third kappa shape index (κ3) is 4.60. The highest BCUT2D eigenvalue weighted by molar-refractivity contribution is 5.80. The smallest absolute Gasteiger partial charge is 0.407 e. The molecule has 0 spiro atoms. The number of morpholine rings is 1. The molecule has 1 fully saturated rings. The number of carboxylic acids is 1. The fourth-order valence-electron chi connectivity index (χ4n) is 4.31. The van der Waals surface area contributed by atoms with Crippen LogP contribution in [0.2, 0.25) is 0 Å². The van der Waals surface area contributed by atoms with Gasteiger partial charge in [-0.15, -0.1) is 0 Å². The molecule has 0 saturated carbocycles. The normalized spacial score (nSPS) is 18.4. The number of hydrogen-bond acceptors (Lipinski definition) is 5. The van der Waals surface area contributed by atoms with Gasteiger partial charge in [-0.1, -0.05) is 48.5 Å². The predicted octanol–water partition coefficient (Wildman–Crippen LogP) is 2.62. The van der Waals surface area contributed by atoms with Crippen molar-refractivity contribution in [3.63, 3.8) is 0 Å². The summed E-state index contributed by atoms with van der Waals surface area (Å²) in [7, 11) is 0. The highest BCUT2D eigenvalue weighted by Gasteiger charge is 2.31. The fourth-order valence-corrected chi connectivity index (χ4v) is 4.31. The van der Waals surface area contributed by atoms with E-state index < -0.39 is 24.2 Å². The maximum Gasteiger partial charge on any atom is 0.407 e. The van der Waals surface area contributed by atoms with Crippen LogP contribution in [0.15, 0.2) is 48.5 Å². The molecule has 2 amide bonds. The second-order valence-electron chi connectivity index (χ2n) is 8.11. The highest BCUT2D eigenvalue weighted by Crippen LogP contribution is 2.44. The van der Waals surface area contributed by atoms with Gasteiger partial charge in [0.1, 0.15) is 6.61 Å². The summed E-state index contributed by atoms with van der Waals surface area (Å²) in [6.45, 7) is 2.43. The average Bonchev–Trinajstić information content (AvgIpc) is 3.11. The maximum absolute atomic E-state index is 12.5. The number of carboxylic acid groups (broad SMARTS) is 1. The number of rotatable bonds is 6. The van der Waals surface area contributed by atoms with Crippen molar-refractivity contribution in [3.05, 3.63) is 59.7 Å². The van der Waals surface area contributed by atoms with Crippen LogP contribution in [-0.4, -0.2) is 66.4 Å². The minimum atomic E-state index is -1.09. The molecule has 2 aromatic rings. The molecule has 2 N–H and O–H groups in total. The summed E-state index contributed by atoms with van der Waals surface area (Å²) in [5, 5.41) is 11.8. The monoisotopic (exact) mass is 438 g/mol. The Bertz CT molecular complexity index is 978. The van der Waals surface area contributed by atoms with Crippen molar-refractivity contribution in [1.82, 2.24) is 10.2 Å². The highest BCUT2D eigenvalue weighted by atomic mass is 16.5. The Morgan fingerprint density at radius 1 is 1.12 bits per heavy atom. The Morgan fingerprint density at radius 3 is 2.38 bits per heavy atom. The number of amides is 2. The lowest BCUT2D eigenvalue weighted by Crippen LogP contribution is -2.50. The van der Waals surface area contributed by atoms with Gasteiger partial charge >= 0.3 is 12.1 Å². The van der Waals surface area contributed by atoms with E-state index in [1.54, 1.807) is 6.92 Å². The quantitative estimate of drug-likeness (QED) is 0.718. The summed E-state index contributed by atoms with van der Waals surface area (Å²) < 4.78 is 10.7. The first-order valence-electron chi connectivity index (χ1n) is 10.7. The van der Waals surface area contributed by atoms with E-state index in [-0.39, 0.29) is 38.0 Å². The Kier molecular flexibility index (Phi) is 6.41. The van der Waals surface area contributed by atoms with E-state index in [0.717, 1.165) is 22.3 Å². The topological polar surface area (TPSA) is 105 Å². The van der Waals surface area contributed by atoms with Crippen LogP contribution < -0.4 is 5.32 Å². The zero-order valence-electron chi connectivity index (χ0n) is 17.8. The van der Waals surface area contributed by atoms with Crippen LogP contribution in [0.5, 0.6) is 0 Å². The number of fused-ring (bicyclic) bond motifs is 3. The van der Waals surface area contributed by atoms with Gasteiger partial charge in [0.2, 0.25) is 5.91 Å². The molecular weight excluding hydrogens is 412 g/mol. The van der Waals surface area contributed by atoms with E-state index in [4.69, 9.17) is 14.6 Å². The SMILES string of the molecule is C[C@@H](CC(=O)N1CCOC(C(=O)O)C1)NC(=O)OCC1c2ccccc2-c2ccccc21.